The summed E-state index contributed by atoms with van der Waals surface area (Å²) in [6, 6.07) is 17.6. The molecule has 0 bridgehead atoms. The van der Waals surface area contributed by atoms with E-state index in [1.54, 1.807) is 0 Å². The predicted octanol–water partition coefficient (Wildman–Crippen LogP) is 5.52. The van der Waals surface area contributed by atoms with Crippen molar-refractivity contribution < 1.29 is 0 Å². The van der Waals surface area contributed by atoms with Gasteiger partial charge in [-0.1, -0.05) is 36.4 Å². The molecule has 22 heavy (non-hydrogen) atoms. The molecule has 2 aromatic carbocycles. The van der Waals surface area contributed by atoms with E-state index in [-0.39, 0.29) is 5.54 Å². The quantitative estimate of drug-likeness (QED) is 0.436. The molecular formula is C20H22N2. The van der Waals surface area contributed by atoms with Gasteiger partial charge in [-0.05, 0) is 39.8 Å². The van der Waals surface area contributed by atoms with E-state index < -0.39 is 0 Å². The van der Waals surface area contributed by atoms with Gasteiger partial charge in [-0.15, -0.1) is 0 Å². The molecule has 0 atom stereocenters. The number of rotatable bonds is 1. The molecule has 0 N–H and O–H groups in total. The summed E-state index contributed by atoms with van der Waals surface area (Å²) in [5.74, 6) is 0. The van der Waals surface area contributed by atoms with Crippen LogP contribution in [0.25, 0.3) is 32.8 Å². The van der Waals surface area contributed by atoms with E-state index in [4.69, 9.17) is 0 Å². The van der Waals surface area contributed by atoms with E-state index in [0.717, 1.165) is 6.54 Å². The second kappa shape index (κ2) is 4.39. The van der Waals surface area contributed by atoms with Crippen LogP contribution in [0.4, 0.5) is 0 Å². The fourth-order valence-corrected chi connectivity index (χ4v) is 3.80. The van der Waals surface area contributed by atoms with Crippen molar-refractivity contribution in [1.29, 1.82) is 0 Å². The highest BCUT2D eigenvalue weighted by molar-refractivity contribution is 6.18. The number of fused-ring (bicyclic) bond motifs is 5. The minimum atomic E-state index is 0.0457. The first-order valence-electron chi connectivity index (χ1n) is 8.05. The van der Waals surface area contributed by atoms with Crippen LogP contribution in [0.1, 0.15) is 27.7 Å². The lowest BCUT2D eigenvalue weighted by Crippen LogP contribution is -2.21. The van der Waals surface area contributed by atoms with Gasteiger partial charge in [0.1, 0.15) is 0 Å². The molecule has 4 aromatic rings. The van der Waals surface area contributed by atoms with Gasteiger partial charge in [-0.3, -0.25) is 0 Å². The summed E-state index contributed by atoms with van der Waals surface area (Å²) in [5, 5.41) is 2.70. The molecule has 0 amide bonds. The van der Waals surface area contributed by atoms with Gasteiger partial charge in [0, 0.05) is 22.9 Å². The smallest absolute Gasteiger partial charge is 0.0758 e. The molecule has 0 aliphatic carbocycles. The standard InChI is InChI=1S/C20H22N2/c1-5-21-16-12-8-6-10-14(16)19-18(21)15-11-7-9-13-17(15)22(19)20(2,3)4/h6-13H,5H2,1-4H3. The third kappa shape index (κ3) is 1.61. The summed E-state index contributed by atoms with van der Waals surface area (Å²) in [5.41, 5.74) is 5.44. The summed E-state index contributed by atoms with van der Waals surface area (Å²) in [4.78, 5) is 0. The Morgan fingerprint density at radius 1 is 0.773 bits per heavy atom. The Labute approximate surface area is 131 Å². The maximum Gasteiger partial charge on any atom is 0.0758 e. The largest absolute Gasteiger partial charge is 0.339 e. The van der Waals surface area contributed by atoms with Crippen LogP contribution in [-0.2, 0) is 12.1 Å². The summed E-state index contributed by atoms with van der Waals surface area (Å²) < 4.78 is 4.96. The van der Waals surface area contributed by atoms with Gasteiger partial charge in [0.2, 0.25) is 0 Å². The normalized spacial score (nSPS) is 12.7. The Hall–Kier alpha value is -2.22. The van der Waals surface area contributed by atoms with Crippen LogP contribution in [0, 0.1) is 0 Å². The van der Waals surface area contributed by atoms with Crippen molar-refractivity contribution in [2.45, 2.75) is 39.8 Å². The van der Waals surface area contributed by atoms with E-state index in [1.165, 1.54) is 32.8 Å². The SMILES string of the molecule is CCn1c2ccccc2c2c1c1ccccc1n2C(C)(C)C. The zero-order chi connectivity index (χ0) is 15.5. The molecule has 2 heterocycles. The summed E-state index contributed by atoms with van der Waals surface area (Å²) in [6.45, 7) is 10.1. The van der Waals surface area contributed by atoms with Crippen LogP contribution in [0.2, 0.25) is 0 Å². The lowest BCUT2D eigenvalue weighted by Gasteiger charge is -2.24. The molecule has 0 aliphatic rings. The minimum Gasteiger partial charge on any atom is -0.339 e. The van der Waals surface area contributed by atoms with E-state index in [0.29, 0.717) is 0 Å². The number of hydrogen-bond donors (Lipinski definition) is 0. The Bertz CT molecular complexity index is 987. The fraction of sp³-hybridized carbons (Fsp3) is 0.300. The lowest BCUT2D eigenvalue weighted by molar-refractivity contribution is 0.424. The van der Waals surface area contributed by atoms with Crippen LogP contribution in [0.5, 0.6) is 0 Å². The second-order valence-corrected chi connectivity index (χ2v) is 6.98. The molecule has 0 saturated heterocycles. The Morgan fingerprint density at radius 2 is 1.32 bits per heavy atom. The molecule has 0 fully saturated rings. The van der Waals surface area contributed by atoms with E-state index in [2.05, 4.69) is 85.4 Å². The second-order valence-electron chi connectivity index (χ2n) is 6.98. The number of nitrogens with zero attached hydrogens (tertiary/aromatic N) is 2. The van der Waals surface area contributed by atoms with Crippen LogP contribution in [-0.4, -0.2) is 9.13 Å². The molecule has 0 saturated carbocycles. The van der Waals surface area contributed by atoms with Crippen molar-refractivity contribution in [2.24, 2.45) is 0 Å². The van der Waals surface area contributed by atoms with Gasteiger partial charge in [0.15, 0.2) is 0 Å². The zero-order valence-electron chi connectivity index (χ0n) is 13.7. The first-order chi connectivity index (χ1) is 10.5. The van der Waals surface area contributed by atoms with Crippen molar-refractivity contribution in [3.05, 3.63) is 48.5 Å². The van der Waals surface area contributed by atoms with Crippen LogP contribution in [0.15, 0.2) is 48.5 Å². The third-order valence-electron chi connectivity index (χ3n) is 4.55. The molecule has 2 heteroatoms. The van der Waals surface area contributed by atoms with Gasteiger partial charge in [0.25, 0.3) is 0 Å². The number of hydrogen-bond acceptors (Lipinski definition) is 0. The van der Waals surface area contributed by atoms with Crippen molar-refractivity contribution in [2.75, 3.05) is 0 Å². The highest BCUT2D eigenvalue weighted by Crippen LogP contribution is 2.39. The maximum absolute atomic E-state index is 2.51. The van der Waals surface area contributed by atoms with Crippen LogP contribution < -0.4 is 0 Å². The van der Waals surface area contributed by atoms with E-state index >= 15 is 0 Å². The average molecular weight is 290 g/mol. The fourth-order valence-electron chi connectivity index (χ4n) is 3.80. The molecule has 2 aromatic heterocycles. The first-order valence-corrected chi connectivity index (χ1v) is 8.05. The molecule has 0 aliphatic heterocycles. The van der Waals surface area contributed by atoms with Gasteiger partial charge >= 0.3 is 0 Å². The zero-order valence-corrected chi connectivity index (χ0v) is 13.7. The maximum atomic E-state index is 2.51. The monoisotopic (exact) mass is 290 g/mol. The van der Waals surface area contributed by atoms with E-state index in [1.807, 2.05) is 0 Å². The van der Waals surface area contributed by atoms with Crippen molar-refractivity contribution in [3.8, 4) is 0 Å². The first kappa shape index (κ1) is 13.4. The van der Waals surface area contributed by atoms with Crippen molar-refractivity contribution in [1.82, 2.24) is 9.13 Å². The van der Waals surface area contributed by atoms with E-state index in [9.17, 15) is 0 Å². The number of para-hydroxylation sites is 2. The number of aryl methyl sites for hydroxylation is 1. The molecular weight excluding hydrogens is 268 g/mol. The van der Waals surface area contributed by atoms with Gasteiger partial charge in [-0.25, -0.2) is 0 Å². The Morgan fingerprint density at radius 3 is 1.91 bits per heavy atom. The Kier molecular flexibility index (Phi) is 2.68. The minimum absolute atomic E-state index is 0.0457. The van der Waals surface area contributed by atoms with Gasteiger partial charge in [0.05, 0.1) is 22.1 Å². The molecule has 2 nitrogen and oxygen atoms in total. The van der Waals surface area contributed by atoms with Gasteiger partial charge in [-0.2, -0.15) is 0 Å². The Balaban J connectivity index is 2.39. The highest BCUT2D eigenvalue weighted by Gasteiger charge is 2.24. The van der Waals surface area contributed by atoms with Gasteiger partial charge < -0.3 is 9.13 Å². The number of aromatic nitrogens is 2. The average Bonchev–Trinajstić information content (AvgIpc) is 2.99. The molecule has 0 radical (unpaired) electrons. The molecule has 0 spiro atoms. The van der Waals surface area contributed by atoms with Crippen LogP contribution in [0.3, 0.4) is 0 Å². The summed E-state index contributed by atoms with van der Waals surface area (Å²) in [7, 11) is 0. The molecule has 4 rings (SSSR count). The lowest BCUT2D eigenvalue weighted by atomic mass is 10.1. The topological polar surface area (TPSA) is 9.86 Å². The van der Waals surface area contributed by atoms with Crippen molar-refractivity contribution >= 4 is 32.8 Å². The predicted molar refractivity (Wildman–Crippen MR) is 95.6 cm³/mol. The summed E-state index contributed by atoms with van der Waals surface area (Å²) in [6.07, 6.45) is 0. The molecule has 112 valence electrons. The van der Waals surface area contributed by atoms with Crippen LogP contribution >= 0.6 is 0 Å². The highest BCUT2D eigenvalue weighted by atomic mass is 15.1. The molecule has 0 unspecified atom stereocenters. The van der Waals surface area contributed by atoms with Crippen molar-refractivity contribution in [3.63, 3.8) is 0 Å². The summed E-state index contributed by atoms with van der Waals surface area (Å²) >= 11 is 0. The number of benzene rings is 2. The third-order valence-corrected chi connectivity index (χ3v) is 4.55.